The number of carbonyl (C=O) groups excluding carboxylic acids is 1. The Morgan fingerprint density at radius 1 is 1.09 bits per heavy atom. The second kappa shape index (κ2) is 7.01. The van der Waals surface area contributed by atoms with E-state index in [9.17, 15) is 4.79 Å². The third kappa shape index (κ3) is 3.04. The fourth-order valence-corrected chi connectivity index (χ4v) is 2.74. The molecule has 1 amide bonds. The molecular formula is C16H19Cl2N3O. The van der Waals surface area contributed by atoms with Gasteiger partial charge in [-0.1, -0.05) is 18.2 Å². The Morgan fingerprint density at radius 3 is 2.41 bits per heavy atom. The quantitative estimate of drug-likeness (QED) is 0.834. The van der Waals surface area contributed by atoms with Gasteiger partial charge in [-0.3, -0.25) is 4.79 Å². The molecule has 0 bridgehead atoms. The number of rotatable bonds is 1. The molecule has 3 rings (SSSR count). The molecule has 2 aromatic rings. The van der Waals surface area contributed by atoms with Crippen molar-refractivity contribution in [3.05, 3.63) is 53.6 Å². The number of hydrogen-bond donors (Lipinski definition) is 2. The lowest BCUT2D eigenvalue weighted by Gasteiger charge is -2.34. The van der Waals surface area contributed by atoms with Gasteiger partial charge in [-0.2, -0.15) is 0 Å². The summed E-state index contributed by atoms with van der Waals surface area (Å²) in [5.74, 6) is -0.0805. The molecule has 0 aliphatic carbocycles. The van der Waals surface area contributed by atoms with E-state index in [2.05, 4.69) is 16.3 Å². The monoisotopic (exact) mass is 339 g/mol. The smallest absolute Gasteiger partial charge is 0.221 e. The Bertz CT molecular complexity index is 691. The minimum atomic E-state index is -0.175. The summed E-state index contributed by atoms with van der Waals surface area (Å²) in [5, 5.41) is 2.80. The molecule has 0 fully saturated rings. The van der Waals surface area contributed by atoms with Crippen molar-refractivity contribution in [2.24, 2.45) is 5.73 Å². The fourth-order valence-electron chi connectivity index (χ4n) is 2.74. The van der Waals surface area contributed by atoms with Crippen LogP contribution in [0.2, 0.25) is 0 Å². The van der Waals surface area contributed by atoms with Gasteiger partial charge >= 0.3 is 0 Å². The normalized spacial score (nSPS) is 14.9. The van der Waals surface area contributed by atoms with Crippen LogP contribution in [0.25, 0.3) is 0 Å². The molecule has 1 heterocycles. The summed E-state index contributed by atoms with van der Waals surface area (Å²) >= 11 is 0. The van der Waals surface area contributed by atoms with Gasteiger partial charge in [0.15, 0.2) is 0 Å². The molecule has 0 spiro atoms. The highest BCUT2D eigenvalue weighted by atomic mass is 35.5. The Hall–Kier alpha value is -1.75. The summed E-state index contributed by atoms with van der Waals surface area (Å²) in [7, 11) is 2.03. The van der Waals surface area contributed by atoms with Crippen molar-refractivity contribution in [1.82, 2.24) is 0 Å². The van der Waals surface area contributed by atoms with Gasteiger partial charge in [0.2, 0.25) is 5.91 Å². The van der Waals surface area contributed by atoms with Gasteiger partial charge in [0.25, 0.3) is 0 Å². The lowest BCUT2D eigenvalue weighted by atomic mass is 9.91. The van der Waals surface area contributed by atoms with Crippen LogP contribution >= 0.6 is 24.8 Å². The maximum atomic E-state index is 11.2. The average Bonchev–Trinajstić information content (AvgIpc) is 2.44. The zero-order chi connectivity index (χ0) is 14.3. The van der Waals surface area contributed by atoms with Gasteiger partial charge < -0.3 is 16.0 Å². The van der Waals surface area contributed by atoms with Crippen LogP contribution in [-0.2, 0) is 4.79 Å². The molecular weight excluding hydrogens is 321 g/mol. The number of para-hydroxylation sites is 1. The zero-order valence-corrected chi connectivity index (χ0v) is 14.0. The van der Waals surface area contributed by atoms with Gasteiger partial charge in [0.1, 0.15) is 0 Å². The second-order valence-corrected chi connectivity index (χ2v) is 5.05. The van der Waals surface area contributed by atoms with E-state index in [4.69, 9.17) is 5.73 Å². The van der Waals surface area contributed by atoms with Crippen molar-refractivity contribution < 1.29 is 4.79 Å². The number of benzene rings is 2. The maximum absolute atomic E-state index is 11.2. The largest absolute Gasteiger partial charge is 0.344 e. The average molecular weight is 340 g/mol. The predicted molar refractivity (Wildman–Crippen MR) is 95.8 cm³/mol. The number of halogens is 2. The number of anilines is 3. The Balaban J connectivity index is 0.00000121. The molecule has 22 heavy (non-hydrogen) atoms. The zero-order valence-electron chi connectivity index (χ0n) is 12.4. The highest BCUT2D eigenvalue weighted by Crippen LogP contribution is 2.42. The van der Waals surface area contributed by atoms with Crippen LogP contribution in [-0.4, -0.2) is 13.0 Å². The number of carbonyl (C=O) groups is 1. The van der Waals surface area contributed by atoms with Gasteiger partial charge in [-0.15, -0.1) is 24.8 Å². The van der Waals surface area contributed by atoms with Gasteiger partial charge in [0, 0.05) is 31.0 Å². The van der Waals surface area contributed by atoms with E-state index in [-0.39, 0.29) is 36.8 Å². The lowest BCUT2D eigenvalue weighted by molar-refractivity contribution is -0.114. The maximum Gasteiger partial charge on any atom is 0.221 e. The van der Waals surface area contributed by atoms with E-state index in [0.29, 0.717) is 0 Å². The first kappa shape index (κ1) is 18.3. The van der Waals surface area contributed by atoms with E-state index in [1.54, 1.807) is 0 Å². The van der Waals surface area contributed by atoms with Crippen LogP contribution < -0.4 is 16.0 Å². The van der Waals surface area contributed by atoms with Crippen molar-refractivity contribution in [2.75, 3.05) is 17.3 Å². The predicted octanol–water partition coefficient (Wildman–Crippen LogP) is 3.62. The first-order valence-corrected chi connectivity index (χ1v) is 6.57. The second-order valence-electron chi connectivity index (χ2n) is 5.05. The van der Waals surface area contributed by atoms with Crippen molar-refractivity contribution >= 4 is 47.8 Å². The number of fused-ring (bicyclic) bond motifs is 2. The SMILES string of the molecule is CC(=O)Nc1ccc2c(c1)C(N)c1ccccc1N2C.Cl.Cl. The summed E-state index contributed by atoms with van der Waals surface area (Å²) in [5.41, 5.74) is 11.5. The third-order valence-corrected chi connectivity index (χ3v) is 3.68. The molecule has 1 aliphatic rings. The molecule has 6 heteroatoms. The van der Waals surface area contributed by atoms with Crippen molar-refractivity contribution in [3.63, 3.8) is 0 Å². The van der Waals surface area contributed by atoms with E-state index in [1.165, 1.54) is 6.92 Å². The molecule has 1 aliphatic heterocycles. The number of nitrogens with two attached hydrogens (primary N) is 1. The van der Waals surface area contributed by atoms with E-state index < -0.39 is 0 Å². The van der Waals surface area contributed by atoms with E-state index in [0.717, 1.165) is 28.2 Å². The standard InChI is InChI=1S/C16H17N3O.2ClH/c1-10(20)18-11-7-8-15-13(9-11)16(17)12-5-3-4-6-14(12)19(15)2;;/h3-9,16H,17H2,1-2H3,(H,18,20);2*1H. The van der Waals surface area contributed by atoms with Gasteiger partial charge in [-0.05, 0) is 35.4 Å². The summed E-state index contributed by atoms with van der Waals surface area (Å²) in [6, 6.07) is 13.8. The van der Waals surface area contributed by atoms with Crippen molar-refractivity contribution in [2.45, 2.75) is 13.0 Å². The number of nitrogens with one attached hydrogen (secondary N) is 1. The lowest BCUT2D eigenvalue weighted by Crippen LogP contribution is -2.26. The minimum absolute atomic E-state index is 0. The summed E-state index contributed by atoms with van der Waals surface area (Å²) in [6.07, 6.45) is 0. The van der Waals surface area contributed by atoms with Gasteiger partial charge in [0.05, 0.1) is 6.04 Å². The number of nitrogens with zero attached hydrogens (tertiary/aromatic N) is 1. The molecule has 0 saturated carbocycles. The Labute approximate surface area is 142 Å². The Kier molecular flexibility index (Phi) is 5.83. The van der Waals surface area contributed by atoms with E-state index in [1.807, 2.05) is 43.4 Å². The van der Waals surface area contributed by atoms with Crippen LogP contribution in [0, 0.1) is 0 Å². The summed E-state index contributed by atoms with van der Waals surface area (Å²) in [4.78, 5) is 13.3. The summed E-state index contributed by atoms with van der Waals surface area (Å²) in [6.45, 7) is 1.50. The molecule has 3 N–H and O–H groups in total. The number of hydrogen-bond acceptors (Lipinski definition) is 3. The molecule has 1 unspecified atom stereocenters. The van der Waals surface area contributed by atoms with Crippen LogP contribution in [0.3, 0.4) is 0 Å². The number of amides is 1. The molecule has 0 aromatic heterocycles. The van der Waals surface area contributed by atoms with Crippen LogP contribution in [0.4, 0.5) is 17.1 Å². The third-order valence-electron chi connectivity index (χ3n) is 3.68. The molecule has 4 nitrogen and oxygen atoms in total. The van der Waals surface area contributed by atoms with Crippen molar-refractivity contribution in [1.29, 1.82) is 0 Å². The Morgan fingerprint density at radius 2 is 1.73 bits per heavy atom. The topological polar surface area (TPSA) is 58.4 Å². The molecule has 118 valence electrons. The minimum Gasteiger partial charge on any atom is -0.344 e. The first-order valence-electron chi connectivity index (χ1n) is 6.57. The van der Waals surface area contributed by atoms with Gasteiger partial charge in [-0.25, -0.2) is 0 Å². The first-order chi connectivity index (χ1) is 9.58. The van der Waals surface area contributed by atoms with E-state index >= 15 is 0 Å². The highest BCUT2D eigenvalue weighted by molar-refractivity contribution is 5.89. The van der Waals surface area contributed by atoms with Crippen LogP contribution in [0.15, 0.2) is 42.5 Å². The molecule has 0 radical (unpaired) electrons. The van der Waals surface area contributed by atoms with Crippen LogP contribution in [0.5, 0.6) is 0 Å². The highest BCUT2D eigenvalue weighted by Gasteiger charge is 2.26. The fraction of sp³-hybridized carbons (Fsp3) is 0.188. The molecule has 1 atom stereocenters. The van der Waals surface area contributed by atoms with Crippen molar-refractivity contribution in [3.8, 4) is 0 Å². The summed E-state index contributed by atoms with van der Waals surface area (Å²) < 4.78 is 0. The molecule has 2 aromatic carbocycles. The van der Waals surface area contributed by atoms with Crippen LogP contribution in [0.1, 0.15) is 24.1 Å². The molecule has 0 saturated heterocycles.